The van der Waals surface area contributed by atoms with Gasteiger partial charge in [-0.25, -0.2) is 13.2 Å². The Labute approximate surface area is 66.3 Å². The van der Waals surface area contributed by atoms with Crippen molar-refractivity contribution in [1.29, 1.82) is 0 Å². The van der Waals surface area contributed by atoms with Crippen LogP contribution < -0.4 is 10.6 Å². The van der Waals surface area contributed by atoms with Crippen LogP contribution in [0, 0.1) is 0 Å². The second kappa shape index (κ2) is 2.35. The molecule has 0 bridgehead atoms. The summed E-state index contributed by atoms with van der Waals surface area (Å²) < 4.78 is 21.0. The van der Waals surface area contributed by atoms with Gasteiger partial charge in [-0.2, -0.15) is 0 Å². The lowest BCUT2D eigenvalue weighted by Crippen LogP contribution is -2.34. The number of rotatable bonds is 1. The van der Waals surface area contributed by atoms with Gasteiger partial charge in [-0.3, -0.25) is 10.1 Å². The van der Waals surface area contributed by atoms with Crippen LogP contribution in [0.15, 0.2) is 0 Å². The summed E-state index contributed by atoms with van der Waals surface area (Å²) in [6, 6.07) is -0.857. The smallest absolute Gasteiger partial charge is 0.312 e. The minimum absolute atomic E-state index is 0.857. The molecular weight excluding hydrogens is 196 g/mol. The largest absolute Gasteiger partial charge is 0.322 e. The first kappa shape index (κ1) is 8.28. The van der Waals surface area contributed by atoms with E-state index in [0.29, 0.717) is 0 Å². The van der Waals surface area contributed by atoms with Crippen LogP contribution in [-0.4, -0.2) is 25.7 Å². The fraction of sp³-hybridized carbons (Fsp3) is 0.333. The minimum atomic E-state index is -4.06. The first-order chi connectivity index (χ1) is 4.91. The molecule has 0 spiro atoms. The highest BCUT2D eigenvalue weighted by molar-refractivity contribution is 8.14. The number of nitrogens with one attached hydrogen (secondary N) is 2. The van der Waals surface area contributed by atoms with Crippen molar-refractivity contribution >= 4 is 31.7 Å². The summed E-state index contributed by atoms with van der Waals surface area (Å²) in [6.45, 7) is 0. The summed E-state index contributed by atoms with van der Waals surface area (Å²) in [5, 5.41) is 1.89. The SMILES string of the molecule is O=C1NC(=O)C(S(=O)(=O)Cl)N1. The van der Waals surface area contributed by atoms with Crippen molar-refractivity contribution in [2.45, 2.75) is 5.37 Å². The van der Waals surface area contributed by atoms with E-state index in [1.165, 1.54) is 0 Å². The summed E-state index contributed by atoms with van der Waals surface area (Å²) in [4.78, 5) is 20.9. The fourth-order valence-electron chi connectivity index (χ4n) is 0.596. The normalized spacial score (nSPS) is 24.6. The zero-order chi connectivity index (χ0) is 8.65. The predicted molar refractivity (Wildman–Crippen MR) is 35.2 cm³/mol. The Morgan fingerprint density at radius 3 is 2.09 bits per heavy atom. The molecule has 62 valence electrons. The van der Waals surface area contributed by atoms with Crippen LogP contribution in [0.4, 0.5) is 4.79 Å². The van der Waals surface area contributed by atoms with Crippen LogP contribution >= 0.6 is 10.7 Å². The number of hydrogen-bond donors (Lipinski definition) is 2. The molecule has 0 radical (unpaired) electrons. The Bertz CT molecular complexity index is 309. The van der Waals surface area contributed by atoms with Gasteiger partial charge < -0.3 is 5.32 Å². The Morgan fingerprint density at radius 2 is 1.91 bits per heavy atom. The zero-order valence-electron chi connectivity index (χ0n) is 5.00. The molecule has 0 aromatic carbocycles. The third-order valence-corrected chi connectivity index (χ3v) is 2.45. The molecule has 3 amide bonds. The molecule has 1 rings (SSSR count). The van der Waals surface area contributed by atoms with Crippen LogP contribution in [0.2, 0.25) is 0 Å². The lowest BCUT2D eigenvalue weighted by molar-refractivity contribution is -0.118. The molecule has 1 saturated heterocycles. The standard InChI is InChI=1S/C3H3ClN2O4S/c4-11(9,10)2-1(7)5-3(8)6-2/h2H,(H2,5,6,7,8). The van der Waals surface area contributed by atoms with Crippen LogP contribution in [0.1, 0.15) is 0 Å². The van der Waals surface area contributed by atoms with Crippen molar-refractivity contribution < 1.29 is 18.0 Å². The van der Waals surface area contributed by atoms with Crippen molar-refractivity contribution in [1.82, 2.24) is 10.6 Å². The molecule has 8 heteroatoms. The third kappa shape index (κ3) is 1.60. The van der Waals surface area contributed by atoms with Gasteiger partial charge in [-0.15, -0.1) is 0 Å². The molecule has 1 unspecified atom stereocenters. The molecule has 11 heavy (non-hydrogen) atoms. The summed E-state index contributed by atoms with van der Waals surface area (Å²) in [6.07, 6.45) is 0. The van der Waals surface area contributed by atoms with Gasteiger partial charge in [-0.05, 0) is 0 Å². The van der Waals surface area contributed by atoms with Gasteiger partial charge >= 0.3 is 6.03 Å². The van der Waals surface area contributed by atoms with Gasteiger partial charge in [0.1, 0.15) is 0 Å². The van der Waals surface area contributed by atoms with E-state index in [-0.39, 0.29) is 0 Å². The highest BCUT2D eigenvalue weighted by Gasteiger charge is 2.38. The molecule has 0 saturated carbocycles. The Balaban J connectivity index is 2.94. The van der Waals surface area contributed by atoms with E-state index in [4.69, 9.17) is 10.7 Å². The number of halogens is 1. The average Bonchev–Trinajstić information content (AvgIpc) is 2.08. The maximum Gasteiger partial charge on any atom is 0.322 e. The highest BCUT2D eigenvalue weighted by atomic mass is 35.7. The lowest BCUT2D eigenvalue weighted by atomic mass is 10.6. The second-order valence-electron chi connectivity index (χ2n) is 1.82. The number of hydrogen-bond acceptors (Lipinski definition) is 4. The molecule has 1 aliphatic heterocycles. The first-order valence-electron chi connectivity index (χ1n) is 2.46. The maximum atomic E-state index is 10.6. The number of carbonyl (C=O) groups is 2. The molecular formula is C3H3ClN2O4S. The molecule has 0 aliphatic carbocycles. The fourth-order valence-corrected chi connectivity index (χ4v) is 1.54. The van der Waals surface area contributed by atoms with Crippen LogP contribution in [-0.2, 0) is 13.8 Å². The predicted octanol–water partition coefficient (Wildman–Crippen LogP) is -1.28. The zero-order valence-corrected chi connectivity index (χ0v) is 6.57. The summed E-state index contributed by atoms with van der Waals surface area (Å²) in [5.74, 6) is -0.954. The van der Waals surface area contributed by atoms with E-state index < -0.39 is 26.4 Å². The van der Waals surface area contributed by atoms with Crippen molar-refractivity contribution in [2.24, 2.45) is 0 Å². The molecule has 1 atom stereocenters. The molecule has 1 heterocycles. The molecule has 1 fully saturated rings. The van der Waals surface area contributed by atoms with Crippen LogP contribution in [0.5, 0.6) is 0 Å². The Hall–Kier alpha value is -0.820. The molecule has 1 aliphatic rings. The van der Waals surface area contributed by atoms with Crippen molar-refractivity contribution in [3.8, 4) is 0 Å². The maximum absolute atomic E-state index is 10.6. The van der Waals surface area contributed by atoms with E-state index in [2.05, 4.69) is 0 Å². The lowest BCUT2D eigenvalue weighted by Gasteiger charge is -1.99. The summed E-state index contributed by atoms with van der Waals surface area (Å²) in [5.41, 5.74) is 0. The number of amides is 3. The average molecular weight is 199 g/mol. The Morgan fingerprint density at radius 1 is 1.36 bits per heavy atom. The first-order valence-corrected chi connectivity index (χ1v) is 4.83. The Kier molecular flexibility index (Phi) is 1.77. The third-order valence-electron chi connectivity index (χ3n) is 1.02. The van der Waals surface area contributed by atoms with Gasteiger partial charge in [0.2, 0.25) is 5.37 Å². The van der Waals surface area contributed by atoms with Crippen molar-refractivity contribution in [3.63, 3.8) is 0 Å². The van der Waals surface area contributed by atoms with E-state index in [9.17, 15) is 18.0 Å². The molecule has 0 aromatic rings. The van der Waals surface area contributed by atoms with E-state index in [1.807, 2.05) is 5.32 Å². The van der Waals surface area contributed by atoms with Gasteiger partial charge in [0.05, 0.1) is 0 Å². The monoisotopic (exact) mass is 198 g/mol. The van der Waals surface area contributed by atoms with E-state index >= 15 is 0 Å². The molecule has 0 aromatic heterocycles. The topological polar surface area (TPSA) is 92.3 Å². The van der Waals surface area contributed by atoms with Crippen LogP contribution in [0.25, 0.3) is 0 Å². The number of urea groups is 1. The molecule has 2 N–H and O–H groups in total. The van der Waals surface area contributed by atoms with Gasteiger partial charge in [-0.1, -0.05) is 0 Å². The summed E-state index contributed by atoms with van der Waals surface area (Å²) in [7, 11) is 0.740. The number of imide groups is 1. The van der Waals surface area contributed by atoms with E-state index in [1.54, 1.807) is 5.32 Å². The van der Waals surface area contributed by atoms with Gasteiger partial charge in [0, 0.05) is 10.7 Å². The minimum Gasteiger partial charge on any atom is -0.312 e. The van der Waals surface area contributed by atoms with Crippen molar-refractivity contribution in [3.05, 3.63) is 0 Å². The highest BCUT2D eigenvalue weighted by Crippen LogP contribution is 2.07. The number of carbonyl (C=O) groups excluding carboxylic acids is 2. The van der Waals surface area contributed by atoms with Gasteiger partial charge in [0.15, 0.2) is 0 Å². The van der Waals surface area contributed by atoms with Gasteiger partial charge in [0.25, 0.3) is 15.0 Å². The van der Waals surface area contributed by atoms with Crippen LogP contribution in [0.3, 0.4) is 0 Å². The second-order valence-corrected chi connectivity index (χ2v) is 4.53. The van der Waals surface area contributed by atoms with Crippen molar-refractivity contribution in [2.75, 3.05) is 0 Å². The summed E-state index contributed by atoms with van der Waals surface area (Å²) >= 11 is 0. The van der Waals surface area contributed by atoms with E-state index in [0.717, 1.165) is 0 Å². The molecule has 6 nitrogen and oxygen atoms in total. The quantitative estimate of drug-likeness (QED) is 0.406.